The fraction of sp³-hybridized carbons (Fsp3) is 0.143. The topological polar surface area (TPSA) is 108 Å². The minimum atomic E-state index is -1.15. The number of anilines is 3. The van der Waals surface area contributed by atoms with Crippen molar-refractivity contribution in [3.63, 3.8) is 0 Å². The first-order valence-electron chi connectivity index (χ1n) is 17.1. The first kappa shape index (κ1) is 31.7. The summed E-state index contributed by atoms with van der Waals surface area (Å²) in [6.07, 6.45) is 6.81. The lowest BCUT2D eigenvalue weighted by molar-refractivity contribution is -0.126. The van der Waals surface area contributed by atoms with Crippen molar-refractivity contribution in [3.05, 3.63) is 131 Å². The van der Waals surface area contributed by atoms with Crippen LogP contribution < -0.4 is 25.6 Å². The maximum Gasteiger partial charge on any atom is 0.245 e. The largest absolute Gasteiger partial charge is 0.340 e. The highest BCUT2D eigenvalue weighted by atomic mass is 32.1. The standard InChI is InChI=1S/C42H32N6O3S/c1-25-19-32-31-20-35(49)30-16-10-9-15-28(30)29(31)17-18-33(32)42(2,39(25)51)48-24-47(34-21-43-23-44-40(34)48)22-36(50)45-41-46-37(26-11-5-3-6-12-26)38(52-41)27-13-7-4-8-14-27/h3-21,23,25H,22,24H2,1-2H3,(H,45,46,50). The molecule has 9 nitrogen and oxygen atoms in total. The molecule has 0 radical (unpaired) electrons. The minimum Gasteiger partial charge on any atom is -0.340 e. The van der Waals surface area contributed by atoms with Crippen molar-refractivity contribution in [3.8, 4) is 32.8 Å². The van der Waals surface area contributed by atoms with E-state index in [-0.39, 0.29) is 30.7 Å². The van der Waals surface area contributed by atoms with E-state index in [1.165, 1.54) is 17.7 Å². The number of fused-ring (bicyclic) bond motifs is 6. The first-order valence-corrected chi connectivity index (χ1v) is 17.9. The highest BCUT2D eigenvalue weighted by Crippen LogP contribution is 2.44. The average molecular weight is 701 g/mol. The molecule has 1 amide bonds. The third-order valence-corrected chi connectivity index (χ3v) is 11.3. The summed E-state index contributed by atoms with van der Waals surface area (Å²) in [5.74, 6) is -0.182. The van der Waals surface area contributed by atoms with Crippen LogP contribution in [0.4, 0.5) is 16.6 Å². The molecule has 2 atom stereocenters. The van der Waals surface area contributed by atoms with Gasteiger partial charge >= 0.3 is 0 Å². The molecule has 6 aromatic rings. The van der Waals surface area contributed by atoms with Crippen molar-refractivity contribution in [1.29, 1.82) is 0 Å². The molecule has 254 valence electrons. The zero-order chi connectivity index (χ0) is 35.6. The highest BCUT2D eigenvalue weighted by Gasteiger charge is 2.50. The Labute approximate surface area is 303 Å². The monoisotopic (exact) mass is 700 g/mol. The van der Waals surface area contributed by atoms with Crippen LogP contribution in [0.1, 0.15) is 29.8 Å². The van der Waals surface area contributed by atoms with Crippen LogP contribution in [0, 0.1) is 5.92 Å². The molecule has 9 rings (SSSR count). The van der Waals surface area contributed by atoms with Crippen LogP contribution in [-0.2, 0) is 15.1 Å². The van der Waals surface area contributed by atoms with E-state index < -0.39 is 11.5 Å². The van der Waals surface area contributed by atoms with Crippen LogP contribution in [0.2, 0.25) is 0 Å². The molecule has 4 aromatic carbocycles. The number of hydrogen-bond donors (Lipinski definition) is 1. The fourth-order valence-electron chi connectivity index (χ4n) is 7.78. The number of benzene rings is 4. The van der Waals surface area contributed by atoms with Gasteiger partial charge in [-0.25, -0.2) is 15.0 Å². The number of carbonyl (C=O) groups is 3. The molecule has 52 heavy (non-hydrogen) atoms. The molecule has 0 saturated heterocycles. The van der Waals surface area contributed by atoms with Gasteiger partial charge in [0.1, 0.15) is 17.6 Å². The Morgan fingerprint density at radius 3 is 2.37 bits per heavy atom. The van der Waals surface area contributed by atoms with Crippen LogP contribution >= 0.6 is 11.3 Å². The number of thiazole rings is 1. The van der Waals surface area contributed by atoms with Gasteiger partial charge in [0.25, 0.3) is 0 Å². The molecular weight excluding hydrogens is 669 g/mol. The molecule has 0 bridgehead atoms. The number of carbonyl (C=O) groups excluding carboxylic acids is 3. The lowest BCUT2D eigenvalue weighted by Crippen LogP contribution is -2.59. The predicted octanol–water partition coefficient (Wildman–Crippen LogP) is 6.05. The van der Waals surface area contributed by atoms with Gasteiger partial charge < -0.3 is 15.1 Å². The van der Waals surface area contributed by atoms with Crippen molar-refractivity contribution >= 4 is 57.6 Å². The number of nitrogens with one attached hydrogen (secondary N) is 1. The van der Waals surface area contributed by atoms with Gasteiger partial charge in [0.15, 0.2) is 22.5 Å². The Balaban J connectivity index is 1.05. The van der Waals surface area contributed by atoms with E-state index in [0.717, 1.165) is 48.8 Å². The Bertz CT molecular complexity index is 2510. The van der Waals surface area contributed by atoms with Gasteiger partial charge in [-0.15, -0.1) is 0 Å². The summed E-state index contributed by atoms with van der Waals surface area (Å²) in [5, 5.41) is 5.22. The zero-order valence-corrected chi connectivity index (χ0v) is 29.2. The summed E-state index contributed by atoms with van der Waals surface area (Å²) >= 11 is 1.43. The van der Waals surface area contributed by atoms with Crippen molar-refractivity contribution in [2.75, 3.05) is 28.3 Å². The first-order chi connectivity index (χ1) is 25.3. The lowest BCUT2D eigenvalue weighted by atomic mass is 9.73. The number of amides is 1. The summed E-state index contributed by atoms with van der Waals surface area (Å²) in [7, 11) is 0. The molecule has 0 fully saturated rings. The normalized spacial score (nSPS) is 18.5. The van der Waals surface area contributed by atoms with E-state index >= 15 is 0 Å². The van der Waals surface area contributed by atoms with Crippen molar-refractivity contribution in [1.82, 2.24) is 15.0 Å². The second kappa shape index (κ2) is 12.2. The van der Waals surface area contributed by atoms with E-state index in [2.05, 4.69) is 15.3 Å². The third-order valence-electron chi connectivity index (χ3n) is 10.3. The van der Waals surface area contributed by atoms with Crippen molar-refractivity contribution < 1.29 is 14.4 Å². The van der Waals surface area contributed by atoms with Gasteiger partial charge in [0, 0.05) is 17.0 Å². The Hall–Kier alpha value is -6.26. The zero-order valence-electron chi connectivity index (χ0n) is 28.4. The molecule has 2 unspecified atom stereocenters. The van der Waals surface area contributed by atoms with Gasteiger partial charge in [-0.2, -0.15) is 0 Å². The maximum absolute atomic E-state index is 14.4. The quantitative estimate of drug-likeness (QED) is 0.224. The SMILES string of the molecule is CC1C=c2c(ccc3c2=CC(=O)c2ccccc2-3)C(C)(N2CN(CC(=O)Nc3nc(-c4ccccc4)c(-c4ccccc4)s3)c3cncnc32)C1=O. The van der Waals surface area contributed by atoms with E-state index in [1.807, 2.05) is 127 Å². The number of rotatable bonds is 6. The van der Waals surface area contributed by atoms with Gasteiger partial charge in [-0.1, -0.05) is 121 Å². The second-order valence-electron chi connectivity index (χ2n) is 13.4. The summed E-state index contributed by atoms with van der Waals surface area (Å²) < 4.78 is 0. The molecule has 1 N–H and O–H groups in total. The van der Waals surface area contributed by atoms with Gasteiger partial charge in [0.05, 0.1) is 30.0 Å². The van der Waals surface area contributed by atoms with Crippen LogP contribution in [-0.4, -0.2) is 45.6 Å². The fourth-order valence-corrected chi connectivity index (χ4v) is 8.79. The minimum absolute atomic E-state index is 0.00279. The summed E-state index contributed by atoms with van der Waals surface area (Å²) in [6.45, 7) is 4.02. The van der Waals surface area contributed by atoms with Crippen LogP contribution in [0.15, 0.2) is 110 Å². The van der Waals surface area contributed by atoms with Crippen molar-refractivity contribution in [2.24, 2.45) is 5.92 Å². The third kappa shape index (κ3) is 4.97. The van der Waals surface area contributed by atoms with E-state index in [9.17, 15) is 14.4 Å². The predicted molar refractivity (Wildman–Crippen MR) is 204 cm³/mol. The summed E-state index contributed by atoms with van der Waals surface area (Å²) in [5.41, 5.74) is 5.59. The molecule has 2 aliphatic carbocycles. The molecule has 0 spiro atoms. The van der Waals surface area contributed by atoms with Gasteiger partial charge in [0.2, 0.25) is 5.91 Å². The number of ketones is 2. The van der Waals surface area contributed by atoms with Crippen molar-refractivity contribution in [2.45, 2.75) is 19.4 Å². The molecular formula is C42H32N6O3S. The molecule has 0 saturated carbocycles. The van der Waals surface area contributed by atoms with Crippen LogP contribution in [0.25, 0.3) is 45.0 Å². The lowest BCUT2D eigenvalue weighted by Gasteiger charge is -2.42. The van der Waals surface area contributed by atoms with Crippen LogP contribution in [0.3, 0.4) is 0 Å². The molecule has 3 aliphatic rings. The molecule has 2 aromatic heterocycles. The number of aromatic nitrogens is 3. The van der Waals surface area contributed by atoms with E-state index in [1.54, 1.807) is 12.3 Å². The average Bonchev–Trinajstić information content (AvgIpc) is 3.77. The number of nitrogens with zero attached hydrogens (tertiary/aromatic N) is 5. The Kier molecular flexibility index (Phi) is 7.44. The Morgan fingerprint density at radius 2 is 1.60 bits per heavy atom. The summed E-state index contributed by atoms with van der Waals surface area (Å²) in [6, 6.07) is 31.6. The Morgan fingerprint density at radius 1 is 0.885 bits per heavy atom. The molecule has 3 heterocycles. The summed E-state index contributed by atoms with van der Waals surface area (Å²) in [4.78, 5) is 60.1. The van der Waals surface area contributed by atoms with E-state index in [4.69, 9.17) is 4.98 Å². The van der Waals surface area contributed by atoms with Gasteiger partial charge in [-0.3, -0.25) is 14.4 Å². The molecule has 1 aliphatic heterocycles. The van der Waals surface area contributed by atoms with Gasteiger partial charge in [-0.05, 0) is 45.7 Å². The van der Waals surface area contributed by atoms with Crippen LogP contribution in [0.5, 0.6) is 0 Å². The maximum atomic E-state index is 14.4. The molecule has 10 heteroatoms. The number of Topliss-reactive ketones (excluding diaryl/α,β-unsaturated/α-hetero) is 2. The highest BCUT2D eigenvalue weighted by molar-refractivity contribution is 7.19. The number of hydrogen-bond acceptors (Lipinski definition) is 9. The smallest absolute Gasteiger partial charge is 0.245 e. The second-order valence-corrected chi connectivity index (χ2v) is 14.4. The van der Waals surface area contributed by atoms with E-state index in [0.29, 0.717) is 22.2 Å².